The summed E-state index contributed by atoms with van der Waals surface area (Å²) in [7, 11) is 0. The molecule has 7 heteroatoms. The van der Waals surface area contributed by atoms with Crippen molar-refractivity contribution in [3.63, 3.8) is 0 Å². The number of rotatable bonds is 3. The number of nitrogens with zero attached hydrogens (tertiary/aromatic N) is 1. The third-order valence-electron chi connectivity index (χ3n) is 3.29. The van der Waals surface area contributed by atoms with Crippen LogP contribution >= 0.6 is 0 Å². The summed E-state index contributed by atoms with van der Waals surface area (Å²) >= 11 is 0. The molecule has 1 saturated heterocycles. The molecule has 1 aromatic rings. The molecular formula is C14H17N3O4. The normalized spacial score (nSPS) is 18.0. The maximum atomic E-state index is 12.1. The summed E-state index contributed by atoms with van der Waals surface area (Å²) in [5.41, 5.74) is 2.02. The van der Waals surface area contributed by atoms with Crippen LogP contribution in [-0.2, 0) is 16.1 Å². The maximum Gasteiger partial charge on any atom is 0.328 e. The van der Waals surface area contributed by atoms with E-state index in [4.69, 9.17) is 5.11 Å². The van der Waals surface area contributed by atoms with Crippen molar-refractivity contribution >= 4 is 17.9 Å². The number of amides is 3. The van der Waals surface area contributed by atoms with E-state index >= 15 is 0 Å². The number of hydrogen-bond donors (Lipinski definition) is 3. The Morgan fingerprint density at radius 3 is 2.67 bits per heavy atom. The lowest BCUT2D eigenvalue weighted by atomic mass is 10.1. The van der Waals surface area contributed by atoms with Crippen molar-refractivity contribution in [2.75, 3.05) is 13.1 Å². The molecule has 1 unspecified atom stereocenters. The second-order valence-corrected chi connectivity index (χ2v) is 4.93. The number of carboxylic acid groups (broad SMARTS) is 1. The van der Waals surface area contributed by atoms with Crippen LogP contribution < -0.4 is 10.6 Å². The standard InChI is InChI=1S/C14H17N3O4/c1-9-2-4-10(5-3-9)6-16-14(21)17-8-12(18)15-7-11(17)13(19)20/h2-5,11H,6-8H2,1H3,(H,15,18)(H,16,21)(H,19,20). The zero-order valence-corrected chi connectivity index (χ0v) is 11.6. The molecule has 21 heavy (non-hydrogen) atoms. The Morgan fingerprint density at radius 2 is 2.05 bits per heavy atom. The van der Waals surface area contributed by atoms with Gasteiger partial charge in [0.25, 0.3) is 0 Å². The number of carbonyl (C=O) groups is 3. The van der Waals surface area contributed by atoms with Crippen LogP contribution in [0, 0.1) is 6.92 Å². The van der Waals surface area contributed by atoms with E-state index in [9.17, 15) is 14.4 Å². The number of hydrogen-bond acceptors (Lipinski definition) is 3. The summed E-state index contributed by atoms with van der Waals surface area (Å²) < 4.78 is 0. The van der Waals surface area contributed by atoms with Gasteiger partial charge in [-0.05, 0) is 12.5 Å². The average molecular weight is 291 g/mol. The Hall–Kier alpha value is -2.57. The third-order valence-corrected chi connectivity index (χ3v) is 3.29. The number of benzene rings is 1. The molecule has 1 aromatic carbocycles. The first kappa shape index (κ1) is 14.8. The molecule has 112 valence electrons. The second kappa shape index (κ2) is 6.25. The molecule has 0 aromatic heterocycles. The van der Waals surface area contributed by atoms with Crippen LogP contribution in [0.1, 0.15) is 11.1 Å². The number of urea groups is 1. The van der Waals surface area contributed by atoms with Crippen molar-refractivity contribution in [3.8, 4) is 0 Å². The number of carboxylic acids is 1. The van der Waals surface area contributed by atoms with Gasteiger partial charge in [-0.2, -0.15) is 0 Å². The average Bonchev–Trinajstić information content (AvgIpc) is 2.46. The molecule has 1 fully saturated rings. The topological polar surface area (TPSA) is 98.7 Å². The van der Waals surface area contributed by atoms with Crippen molar-refractivity contribution < 1.29 is 19.5 Å². The highest BCUT2D eigenvalue weighted by Gasteiger charge is 2.35. The number of carbonyl (C=O) groups excluding carboxylic acids is 2. The molecule has 2 rings (SSSR count). The van der Waals surface area contributed by atoms with E-state index < -0.39 is 18.0 Å². The molecular weight excluding hydrogens is 274 g/mol. The van der Waals surface area contributed by atoms with Crippen molar-refractivity contribution in [3.05, 3.63) is 35.4 Å². The van der Waals surface area contributed by atoms with Crippen LogP contribution in [0.2, 0.25) is 0 Å². The number of nitrogens with one attached hydrogen (secondary N) is 2. The second-order valence-electron chi connectivity index (χ2n) is 4.93. The van der Waals surface area contributed by atoms with Gasteiger partial charge in [-0.3, -0.25) is 9.69 Å². The van der Waals surface area contributed by atoms with Crippen LogP contribution in [0.15, 0.2) is 24.3 Å². The number of piperazine rings is 1. The largest absolute Gasteiger partial charge is 0.480 e. The lowest BCUT2D eigenvalue weighted by Crippen LogP contribution is -2.61. The van der Waals surface area contributed by atoms with Crippen LogP contribution in [0.4, 0.5) is 4.79 Å². The predicted octanol–water partition coefficient (Wildman–Crippen LogP) is 0.0896. The molecule has 1 heterocycles. The molecule has 0 bridgehead atoms. The van der Waals surface area contributed by atoms with Crippen molar-refractivity contribution in [2.45, 2.75) is 19.5 Å². The van der Waals surface area contributed by atoms with Crippen LogP contribution in [0.5, 0.6) is 0 Å². The van der Waals surface area contributed by atoms with E-state index in [-0.39, 0.29) is 25.5 Å². The van der Waals surface area contributed by atoms with Crippen LogP contribution in [0.3, 0.4) is 0 Å². The van der Waals surface area contributed by atoms with E-state index in [1.54, 1.807) is 0 Å². The smallest absolute Gasteiger partial charge is 0.328 e. The molecule has 3 amide bonds. The Kier molecular flexibility index (Phi) is 4.42. The quantitative estimate of drug-likeness (QED) is 0.735. The first-order valence-corrected chi connectivity index (χ1v) is 6.57. The minimum absolute atomic E-state index is 0.0773. The van der Waals surface area contributed by atoms with Gasteiger partial charge in [0.2, 0.25) is 5.91 Å². The molecule has 0 saturated carbocycles. The third kappa shape index (κ3) is 3.71. The summed E-state index contributed by atoms with van der Waals surface area (Å²) in [6.45, 7) is 1.92. The van der Waals surface area contributed by atoms with Gasteiger partial charge in [-0.15, -0.1) is 0 Å². The van der Waals surface area contributed by atoms with Crippen LogP contribution in [0.25, 0.3) is 0 Å². The van der Waals surface area contributed by atoms with Crippen molar-refractivity contribution in [1.29, 1.82) is 0 Å². The Balaban J connectivity index is 1.98. The zero-order valence-electron chi connectivity index (χ0n) is 11.6. The van der Waals surface area contributed by atoms with Gasteiger partial charge in [0, 0.05) is 13.1 Å². The van der Waals surface area contributed by atoms with Crippen LogP contribution in [-0.4, -0.2) is 47.0 Å². The fraction of sp³-hybridized carbons (Fsp3) is 0.357. The molecule has 7 nitrogen and oxygen atoms in total. The number of aliphatic carboxylic acids is 1. The van der Waals surface area contributed by atoms with E-state index in [2.05, 4.69) is 10.6 Å². The number of aryl methyl sites for hydroxylation is 1. The van der Waals surface area contributed by atoms with Gasteiger partial charge >= 0.3 is 12.0 Å². The highest BCUT2D eigenvalue weighted by Crippen LogP contribution is 2.07. The summed E-state index contributed by atoms with van der Waals surface area (Å²) in [6.07, 6.45) is 0. The van der Waals surface area contributed by atoms with Gasteiger partial charge < -0.3 is 15.7 Å². The van der Waals surface area contributed by atoms with E-state index in [0.29, 0.717) is 0 Å². The monoisotopic (exact) mass is 291 g/mol. The SMILES string of the molecule is Cc1ccc(CNC(=O)N2CC(=O)NCC2C(=O)O)cc1. The molecule has 3 N–H and O–H groups in total. The van der Waals surface area contributed by atoms with Gasteiger partial charge in [0.15, 0.2) is 0 Å². The van der Waals surface area contributed by atoms with Gasteiger partial charge in [0.05, 0.1) is 0 Å². The molecule has 0 radical (unpaired) electrons. The zero-order chi connectivity index (χ0) is 15.4. The maximum absolute atomic E-state index is 12.1. The first-order valence-electron chi connectivity index (χ1n) is 6.57. The van der Waals surface area contributed by atoms with Crippen molar-refractivity contribution in [1.82, 2.24) is 15.5 Å². The minimum Gasteiger partial charge on any atom is -0.480 e. The highest BCUT2D eigenvalue weighted by molar-refractivity contribution is 5.90. The Labute approximate surface area is 121 Å². The summed E-state index contributed by atoms with van der Waals surface area (Å²) in [5.74, 6) is -1.50. The predicted molar refractivity (Wildman–Crippen MR) is 74.6 cm³/mol. The first-order chi connectivity index (χ1) is 9.97. The van der Waals surface area contributed by atoms with Gasteiger partial charge in [0.1, 0.15) is 12.6 Å². The fourth-order valence-corrected chi connectivity index (χ4v) is 2.06. The van der Waals surface area contributed by atoms with Gasteiger partial charge in [-0.25, -0.2) is 9.59 Å². The summed E-state index contributed by atoms with van der Waals surface area (Å²) in [4.78, 5) is 35.6. The fourth-order valence-electron chi connectivity index (χ4n) is 2.06. The minimum atomic E-state index is -1.14. The molecule has 1 aliphatic heterocycles. The summed E-state index contributed by atoms with van der Waals surface area (Å²) in [5, 5.41) is 14.2. The molecule has 0 spiro atoms. The Morgan fingerprint density at radius 1 is 1.38 bits per heavy atom. The summed E-state index contributed by atoms with van der Waals surface area (Å²) in [6, 6.07) is 6.02. The lowest BCUT2D eigenvalue weighted by Gasteiger charge is -2.32. The van der Waals surface area contributed by atoms with E-state index in [1.165, 1.54) is 0 Å². The van der Waals surface area contributed by atoms with Crippen molar-refractivity contribution in [2.24, 2.45) is 0 Å². The lowest BCUT2D eigenvalue weighted by molar-refractivity contribution is -0.144. The molecule has 1 aliphatic rings. The van der Waals surface area contributed by atoms with Gasteiger partial charge in [-0.1, -0.05) is 29.8 Å². The van der Waals surface area contributed by atoms with E-state index in [1.807, 2.05) is 31.2 Å². The molecule has 1 atom stereocenters. The molecule has 0 aliphatic carbocycles. The highest BCUT2D eigenvalue weighted by atomic mass is 16.4. The Bertz CT molecular complexity index is 556. The van der Waals surface area contributed by atoms with E-state index in [0.717, 1.165) is 16.0 Å².